The first kappa shape index (κ1) is 15.7. The number of benzene rings is 2. The first-order valence-electron chi connectivity index (χ1n) is 6.37. The van der Waals surface area contributed by atoms with Crippen molar-refractivity contribution in [3.05, 3.63) is 52.0 Å². The van der Waals surface area contributed by atoms with E-state index in [1.54, 1.807) is 44.2 Å². The van der Waals surface area contributed by atoms with Crippen molar-refractivity contribution in [2.24, 2.45) is 0 Å². The molecule has 0 radical (unpaired) electrons. The summed E-state index contributed by atoms with van der Waals surface area (Å²) in [4.78, 5) is 0.231. The molecular weight excluding hydrogens is 308 g/mol. The highest BCUT2D eigenvalue weighted by atomic mass is 35.5. The predicted molar refractivity (Wildman–Crippen MR) is 87.3 cm³/mol. The summed E-state index contributed by atoms with van der Waals surface area (Å²) in [6.45, 7) is 5.32. The molecule has 21 heavy (non-hydrogen) atoms. The zero-order valence-electron chi connectivity index (χ0n) is 12.1. The molecule has 2 aromatic carbocycles. The molecule has 2 rings (SSSR count). The van der Waals surface area contributed by atoms with Crippen molar-refractivity contribution in [1.82, 2.24) is 0 Å². The second-order valence-electron chi connectivity index (χ2n) is 4.97. The van der Waals surface area contributed by atoms with E-state index in [-0.39, 0.29) is 4.90 Å². The molecule has 0 fully saturated rings. The fourth-order valence-corrected chi connectivity index (χ4v) is 3.93. The van der Waals surface area contributed by atoms with Gasteiger partial charge in [0.05, 0.1) is 4.90 Å². The lowest BCUT2D eigenvalue weighted by molar-refractivity contribution is 0.600. The Morgan fingerprint density at radius 3 is 2.19 bits per heavy atom. The van der Waals surface area contributed by atoms with E-state index in [1.807, 2.05) is 6.92 Å². The van der Waals surface area contributed by atoms with Crippen LogP contribution in [0.15, 0.2) is 35.2 Å². The fraction of sp³-hybridized carbons (Fsp3) is 0.200. The highest BCUT2D eigenvalue weighted by molar-refractivity contribution is 7.92. The maximum Gasteiger partial charge on any atom is 0.262 e. The summed E-state index contributed by atoms with van der Waals surface area (Å²) in [7, 11) is -3.71. The highest BCUT2D eigenvalue weighted by Crippen LogP contribution is 2.29. The SMILES string of the molecule is Cc1cc(N)c(C)c(S(=O)(=O)Nc2ccc(Cl)cc2)c1C. The van der Waals surface area contributed by atoms with E-state index in [4.69, 9.17) is 17.3 Å². The lowest BCUT2D eigenvalue weighted by atomic mass is 10.1. The second kappa shape index (κ2) is 5.58. The molecule has 0 bridgehead atoms. The van der Waals surface area contributed by atoms with E-state index in [0.29, 0.717) is 27.5 Å². The Morgan fingerprint density at radius 1 is 1.05 bits per heavy atom. The van der Waals surface area contributed by atoms with Crippen LogP contribution in [0.2, 0.25) is 5.02 Å². The smallest absolute Gasteiger partial charge is 0.262 e. The lowest BCUT2D eigenvalue weighted by Crippen LogP contribution is -2.17. The molecule has 6 heteroatoms. The van der Waals surface area contributed by atoms with Crippen LogP contribution in [-0.2, 0) is 10.0 Å². The van der Waals surface area contributed by atoms with Crippen molar-refractivity contribution in [2.75, 3.05) is 10.5 Å². The fourth-order valence-electron chi connectivity index (χ4n) is 2.17. The molecule has 3 N–H and O–H groups in total. The molecule has 0 aliphatic carbocycles. The minimum atomic E-state index is -3.71. The van der Waals surface area contributed by atoms with Gasteiger partial charge in [0.25, 0.3) is 10.0 Å². The van der Waals surface area contributed by atoms with Crippen molar-refractivity contribution in [3.63, 3.8) is 0 Å². The second-order valence-corrected chi connectivity index (χ2v) is 7.03. The van der Waals surface area contributed by atoms with Crippen molar-refractivity contribution >= 4 is 33.0 Å². The summed E-state index contributed by atoms with van der Waals surface area (Å²) in [6.07, 6.45) is 0. The van der Waals surface area contributed by atoms with E-state index in [0.717, 1.165) is 5.56 Å². The molecular formula is C15H17ClN2O2S. The van der Waals surface area contributed by atoms with Gasteiger partial charge in [0, 0.05) is 16.4 Å². The zero-order chi connectivity index (χ0) is 15.8. The number of hydrogen-bond acceptors (Lipinski definition) is 3. The molecule has 4 nitrogen and oxygen atoms in total. The maximum atomic E-state index is 12.6. The Balaban J connectivity index is 2.52. The molecule has 0 aromatic heterocycles. The van der Waals surface area contributed by atoms with Gasteiger partial charge in [0.15, 0.2) is 0 Å². The quantitative estimate of drug-likeness (QED) is 0.846. The number of nitrogen functional groups attached to an aromatic ring is 1. The average Bonchev–Trinajstić information content (AvgIpc) is 2.39. The van der Waals surface area contributed by atoms with Crippen molar-refractivity contribution in [2.45, 2.75) is 25.7 Å². The predicted octanol–water partition coefficient (Wildman–Crippen LogP) is 3.65. The first-order chi connectivity index (χ1) is 9.72. The number of nitrogens with two attached hydrogens (primary N) is 1. The molecule has 112 valence electrons. The number of sulfonamides is 1. The van der Waals surface area contributed by atoms with E-state index in [1.165, 1.54) is 0 Å². The number of rotatable bonds is 3. The van der Waals surface area contributed by atoms with Gasteiger partial charge < -0.3 is 5.73 Å². The molecule has 0 spiro atoms. The van der Waals surface area contributed by atoms with Crippen molar-refractivity contribution < 1.29 is 8.42 Å². The van der Waals surface area contributed by atoms with Crippen LogP contribution in [0.5, 0.6) is 0 Å². The molecule has 0 amide bonds. The van der Waals surface area contributed by atoms with Crippen LogP contribution >= 0.6 is 11.6 Å². The van der Waals surface area contributed by atoms with E-state index in [9.17, 15) is 8.42 Å². The molecule has 0 saturated carbocycles. The van der Waals surface area contributed by atoms with Gasteiger partial charge in [0.2, 0.25) is 0 Å². The highest BCUT2D eigenvalue weighted by Gasteiger charge is 2.22. The van der Waals surface area contributed by atoms with Gasteiger partial charge in [-0.1, -0.05) is 11.6 Å². The van der Waals surface area contributed by atoms with Crippen LogP contribution in [-0.4, -0.2) is 8.42 Å². The van der Waals surface area contributed by atoms with Gasteiger partial charge in [-0.05, 0) is 67.8 Å². The minimum absolute atomic E-state index is 0.231. The van der Waals surface area contributed by atoms with Crippen LogP contribution in [0.3, 0.4) is 0 Å². The molecule has 0 heterocycles. The van der Waals surface area contributed by atoms with Gasteiger partial charge in [-0.2, -0.15) is 0 Å². The van der Waals surface area contributed by atoms with Crippen LogP contribution in [0.25, 0.3) is 0 Å². The van der Waals surface area contributed by atoms with Crippen molar-refractivity contribution in [1.29, 1.82) is 0 Å². The largest absolute Gasteiger partial charge is 0.398 e. The van der Waals surface area contributed by atoms with Crippen LogP contribution < -0.4 is 10.5 Å². The standard InChI is InChI=1S/C15H17ClN2O2S/c1-9-8-14(17)11(3)15(10(9)2)21(19,20)18-13-6-4-12(16)5-7-13/h4-8,18H,17H2,1-3H3. The Kier molecular flexibility index (Phi) is 4.16. The summed E-state index contributed by atoms with van der Waals surface area (Å²) >= 11 is 5.80. The number of anilines is 2. The van der Waals surface area contributed by atoms with Crippen LogP contribution in [0, 0.1) is 20.8 Å². The minimum Gasteiger partial charge on any atom is -0.398 e. The number of halogens is 1. The zero-order valence-corrected chi connectivity index (χ0v) is 13.6. The molecule has 0 saturated heterocycles. The number of hydrogen-bond donors (Lipinski definition) is 2. The van der Waals surface area contributed by atoms with E-state index in [2.05, 4.69) is 4.72 Å². The Morgan fingerprint density at radius 2 is 1.62 bits per heavy atom. The van der Waals surface area contributed by atoms with Gasteiger partial charge in [-0.3, -0.25) is 4.72 Å². The molecule has 0 aliphatic heterocycles. The molecule has 0 aliphatic rings. The molecule has 2 aromatic rings. The van der Waals surface area contributed by atoms with Gasteiger partial charge in [-0.25, -0.2) is 8.42 Å². The molecule has 0 unspecified atom stereocenters. The summed E-state index contributed by atoms with van der Waals surface area (Å²) < 4.78 is 27.8. The third-order valence-corrected chi connectivity index (χ3v) is 5.35. The van der Waals surface area contributed by atoms with E-state index >= 15 is 0 Å². The first-order valence-corrected chi connectivity index (χ1v) is 8.23. The van der Waals surface area contributed by atoms with Gasteiger partial charge in [-0.15, -0.1) is 0 Å². The Bertz CT molecular complexity index is 758. The Labute approximate surface area is 130 Å². The summed E-state index contributed by atoms with van der Waals surface area (Å²) in [5.74, 6) is 0. The summed E-state index contributed by atoms with van der Waals surface area (Å²) in [6, 6.07) is 8.27. The van der Waals surface area contributed by atoms with E-state index < -0.39 is 10.0 Å². The van der Waals surface area contributed by atoms with Crippen LogP contribution in [0.4, 0.5) is 11.4 Å². The van der Waals surface area contributed by atoms with Crippen molar-refractivity contribution in [3.8, 4) is 0 Å². The lowest BCUT2D eigenvalue weighted by Gasteiger charge is -2.16. The Hall–Kier alpha value is -1.72. The van der Waals surface area contributed by atoms with Crippen LogP contribution in [0.1, 0.15) is 16.7 Å². The third kappa shape index (κ3) is 3.14. The monoisotopic (exact) mass is 324 g/mol. The number of nitrogens with one attached hydrogen (secondary N) is 1. The topological polar surface area (TPSA) is 72.2 Å². The third-order valence-electron chi connectivity index (χ3n) is 3.44. The van der Waals surface area contributed by atoms with Gasteiger partial charge >= 0.3 is 0 Å². The molecule has 0 atom stereocenters. The number of aryl methyl sites for hydroxylation is 1. The summed E-state index contributed by atoms with van der Waals surface area (Å²) in [5, 5.41) is 0.546. The normalized spacial score (nSPS) is 11.4. The maximum absolute atomic E-state index is 12.6. The summed E-state index contributed by atoms with van der Waals surface area (Å²) in [5.41, 5.74) is 8.91. The van der Waals surface area contributed by atoms with Gasteiger partial charge in [0.1, 0.15) is 0 Å². The average molecular weight is 325 g/mol.